The molecule has 31 heavy (non-hydrogen) atoms. The molecular formula is C22H24ClN3O5. The van der Waals surface area contributed by atoms with Gasteiger partial charge in [-0.2, -0.15) is 0 Å². The number of H-pyrrole nitrogens is 1. The molecule has 1 aliphatic carbocycles. The lowest BCUT2D eigenvalue weighted by molar-refractivity contribution is 0.142. The molecule has 164 valence electrons. The van der Waals surface area contributed by atoms with Crippen molar-refractivity contribution in [3.05, 3.63) is 58.0 Å². The first-order chi connectivity index (χ1) is 14.4. The van der Waals surface area contributed by atoms with Crippen LogP contribution in [0, 0.1) is 0 Å². The first-order valence-electron chi connectivity index (χ1n) is 9.72. The number of pyridine rings is 1. The second-order valence-electron chi connectivity index (χ2n) is 7.39. The number of aryl methyl sites for hydroxylation is 2. The summed E-state index contributed by atoms with van der Waals surface area (Å²) in [4.78, 5) is 26.0. The molecule has 2 heterocycles. The number of aromatic nitrogens is 2. The lowest BCUT2D eigenvalue weighted by atomic mass is 9.99. The van der Waals surface area contributed by atoms with Gasteiger partial charge in [0.05, 0.1) is 5.69 Å². The van der Waals surface area contributed by atoms with Gasteiger partial charge >= 0.3 is 6.16 Å². The monoisotopic (exact) mass is 445 g/mol. The molecule has 0 fully saturated rings. The van der Waals surface area contributed by atoms with Crippen molar-refractivity contribution < 1.29 is 19.7 Å². The zero-order valence-electron chi connectivity index (χ0n) is 17.0. The van der Waals surface area contributed by atoms with E-state index in [1.165, 1.54) is 0 Å². The van der Waals surface area contributed by atoms with Gasteiger partial charge in [0.1, 0.15) is 0 Å². The highest BCUT2D eigenvalue weighted by Gasteiger charge is 2.25. The third-order valence-corrected chi connectivity index (χ3v) is 5.54. The van der Waals surface area contributed by atoms with Gasteiger partial charge in [-0.3, -0.25) is 4.79 Å². The first kappa shape index (κ1) is 22.5. The summed E-state index contributed by atoms with van der Waals surface area (Å²) >= 11 is 0. The topological polar surface area (TPSA) is 117 Å². The van der Waals surface area contributed by atoms with E-state index in [4.69, 9.17) is 5.11 Å². The number of nitrogens with one attached hydrogen (secondary N) is 2. The molecule has 0 radical (unpaired) electrons. The van der Waals surface area contributed by atoms with Gasteiger partial charge in [0.2, 0.25) is 5.75 Å². The quantitative estimate of drug-likeness (QED) is 0.271. The molecule has 1 aromatic carbocycles. The summed E-state index contributed by atoms with van der Waals surface area (Å²) < 4.78 is 6.65. The summed E-state index contributed by atoms with van der Waals surface area (Å²) in [6, 6.07) is 6.23. The molecule has 3 aromatic rings. The van der Waals surface area contributed by atoms with Crippen LogP contribution in [-0.2, 0) is 26.4 Å². The predicted octanol–water partition coefficient (Wildman–Crippen LogP) is 3.48. The lowest BCUT2D eigenvalue weighted by Crippen LogP contribution is -2.17. The van der Waals surface area contributed by atoms with Crippen LogP contribution in [0.4, 0.5) is 4.79 Å². The SMILES string of the molecule is C=CCNCc1cc2cc3c(cc2n1C)CCCc1c-3[nH]c(=O)c(OC(=O)O)c1O.Cl. The Hall–Kier alpha value is -3.23. The molecule has 0 unspecified atom stereocenters. The van der Waals surface area contributed by atoms with Crippen LogP contribution in [0.25, 0.3) is 22.2 Å². The maximum atomic E-state index is 12.4. The highest BCUT2D eigenvalue weighted by Crippen LogP contribution is 2.40. The van der Waals surface area contributed by atoms with Crippen molar-refractivity contribution in [1.82, 2.24) is 14.9 Å². The van der Waals surface area contributed by atoms with Crippen molar-refractivity contribution in [1.29, 1.82) is 0 Å². The smallest absolute Gasteiger partial charge is 0.504 e. The van der Waals surface area contributed by atoms with E-state index in [1.54, 1.807) is 0 Å². The predicted molar refractivity (Wildman–Crippen MR) is 120 cm³/mol. The number of nitrogens with zero attached hydrogens (tertiary/aromatic N) is 1. The highest BCUT2D eigenvalue weighted by molar-refractivity contribution is 5.89. The fourth-order valence-electron chi connectivity index (χ4n) is 4.12. The van der Waals surface area contributed by atoms with E-state index >= 15 is 0 Å². The van der Waals surface area contributed by atoms with Gasteiger partial charge in [-0.15, -0.1) is 19.0 Å². The minimum Gasteiger partial charge on any atom is -0.504 e. The van der Waals surface area contributed by atoms with Gasteiger partial charge in [0.25, 0.3) is 5.56 Å². The highest BCUT2D eigenvalue weighted by atomic mass is 35.5. The molecule has 8 nitrogen and oxygen atoms in total. The van der Waals surface area contributed by atoms with E-state index in [-0.39, 0.29) is 12.4 Å². The van der Waals surface area contributed by atoms with Gasteiger partial charge in [0.15, 0.2) is 5.75 Å². The minimum absolute atomic E-state index is 0. The number of hydrogen-bond acceptors (Lipinski definition) is 5. The van der Waals surface area contributed by atoms with E-state index in [2.05, 4.69) is 38.3 Å². The van der Waals surface area contributed by atoms with Crippen LogP contribution in [0.15, 0.2) is 35.6 Å². The summed E-state index contributed by atoms with van der Waals surface area (Å²) in [7, 11) is 2.02. The number of benzene rings is 1. The van der Waals surface area contributed by atoms with Gasteiger partial charge in [-0.05, 0) is 43.0 Å². The molecule has 0 amide bonds. The zero-order valence-corrected chi connectivity index (χ0v) is 17.8. The van der Waals surface area contributed by atoms with E-state index in [0.717, 1.165) is 40.6 Å². The van der Waals surface area contributed by atoms with Crippen LogP contribution < -0.4 is 15.6 Å². The Morgan fingerprint density at radius 2 is 2.13 bits per heavy atom. The summed E-state index contributed by atoms with van der Waals surface area (Å²) in [6.45, 7) is 5.13. The van der Waals surface area contributed by atoms with E-state index in [1.807, 2.05) is 19.2 Å². The summed E-state index contributed by atoms with van der Waals surface area (Å²) in [5.41, 5.74) is 4.34. The van der Waals surface area contributed by atoms with E-state index < -0.39 is 23.2 Å². The molecule has 4 rings (SSSR count). The van der Waals surface area contributed by atoms with E-state index in [0.29, 0.717) is 30.8 Å². The molecular weight excluding hydrogens is 422 g/mol. The van der Waals surface area contributed by atoms with Gasteiger partial charge in [-0.1, -0.05) is 6.08 Å². The van der Waals surface area contributed by atoms with Crippen LogP contribution >= 0.6 is 12.4 Å². The van der Waals surface area contributed by atoms with Crippen molar-refractivity contribution in [2.45, 2.75) is 25.8 Å². The first-order valence-corrected chi connectivity index (χ1v) is 9.72. The molecule has 2 aromatic heterocycles. The second-order valence-corrected chi connectivity index (χ2v) is 7.39. The van der Waals surface area contributed by atoms with Crippen LogP contribution in [0.5, 0.6) is 11.5 Å². The molecule has 0 saturated heterocycles. The number of rotatable bonds is 5. The standard InChI is InChI=1S/C22H23N3O5.ClH/c1-3-7-23-11-14-8-13-9-16-12(10-17(13)25(14)2)5-4-6-15-18(16)24-21(27)20(19(15)26)30-22(28)29;/h3,8-10,23H,1,4-7,11H2,2H3,(H,28,29)(H2,24,26,27);1H. The maximum Gasteiger partial charge on any atom is 0.511 e. The Kier molecular flexibility index (Phi) is 6.42. The molecule has 0 aliphatic heterocycles. The number of carboxylic acid groups (broad SMARTS) is 1. The summed E-state index contributed by atoms with van der Waals surface area (Å²) in [6.07, 6.45) is 2.18. The average Bonchev–Trinajstić information content (AvgIpc) is 2.89. The van der Waals surface area contributed by atoms with Crippen LogP contribution in [0.1, 0.15) is 23.2 Å². The van der Waals surface area contributed by atoms with Crippen molar-refractivity contribution in [3.63, 3.8) is 0 Å². The fraction of sp³-hybridized carbons (Fsp3) is 0.273. The maximum absolute atomic E-state index is 12.4. The van der Waals surface area contributed by atoms with Crippen molar-refractivity contribution in [2.24, 2.45) is 7.05 Å². The largest absolute Gasteiger partial charge is 0.511 e. The number of halogens is 1. The Bertz CT molecular complexity index is 1230. The number of fused-ring (bicyclic) bond motifs is 4. The van der Waals surface area contributed by atoms with E-state index in [9.17, 15) is 14.7 Å². The minimum atomic E-state index is -1.65. The van der Waals surface area contributed by atoms with Crippen molar-refractivity contribution in [2.75, 3.05) is 6.54 Å². The van der Waals surface area contributed by atoms with Crippen molar-refractivity contribution >= 4 is 29.5 Å². The van der Waals surface area contributed by atoms with Gasteiger partial charge in [0, 0.05) is 47.9 Å². The molecule has 0 saturated carbocycles. The second kappa shape index (κ2) is 8.87. The zero-order chi connectivity index (χ0) is 21.4. The Morgan fingerprint density at radius 3 is 2.84 bits per heavy atom. The molecule has 0 spiro atoms. The van der Waals surface area contributed by atoms with Crippen LogP contribution in [-0.4, -0.2) is 32.5 Å². The number of hydrogen-bond donors (Lipinski definition) is 4. The molecule has 9 heteroatoms. The summed E-state index contributed by atoms with van der Waals surface area (Å²) in [5.74, 6) is -0.993. The number of ether oxygens (including phenoxy) is 1. The molecule has 1 aliphatic rings. The number of aromatic amines is 1. The normalized spacial score (nSPS) is 12.4. The Morgan fingerprint density at radius 1 is 1.35 bits per heavy atom. The third kappa shape index (κ3) is 4.04. The summed E-state index contributed by atoms with van der Waals surface area (Å²) in [5, 5.41) is 23.7. The van der Waals surface area contributed by atoms with Gasteiger partial charge in [-0.25, -0.2) is 4.79 Å². The molecule has 0 bridgehead atoms. The van der Waals surface area contributed by atoms with Crippen molar-refractivity contribution in [3.8, 4) is 22.8 Å². The fourth-order valence-corrected chi connectivity index (χ4v) is 4.12. The third-order valence-electron chi connectivity index (χ3n) is 5.54. The van der Waals surface area contributed by atoms with Crippen LogP contribution in [0.3, 0.4) is 0 Å². The lowest BCUT2D eigenvalue weighted by Gasteiger charge is -2.13. The molecule has 4 N–H and O–H groups in total. The number of carbonyl (C=O) groups is 1. The number of aromatic hydroxyl groups is 1. The Balaban J connectivity index is 0.00000272. The average molecular weight is 446 g/mol. The Labute approximate surface area is 184 Å². The van der Waals surface area contributed by atoms with Gasteiger partial charge < -0.3 is 29.8 Å². The molecule has 0 atom stereocenters. The van der Waals surface area contributed by atoms with Crippen LogP contribution in [0.2, 0.25) is 0 Å².